The van der Waals surface area contributed by atoms with Gasteiger partial charge in [-0.3, -0.25) is 24.5 Å². The lowest BCUT2D eigenvalue weighted by atomic mass is 10.00. The average Bonchev–Trinajstić information content (AvgIpc) is 3.27. The highest BCUT2D eigenvalue weighted by atomic mass is 16.1. The first-order chi connectivity index (χ1) is 14.9. The van der Waals surface area contributed by atoms with Crippen molar-refractivity contribution in [1.82, 2.24) is 34.6 Å². The van der Waals surface area contributed by atoms with E-state index in [1.165, 1.54) is 10.1 Å². The van der Waals surface area contributed by atoms with Crippen molar-refractivity contribution in [2.75, 3.05) is 18.0 Å². The number of hydrogen-bond acceptors (Lipinski definition) is 7. The molecule has 160 valence electrons. The fourth-order valence-electron chi connectivity index (χ4n) is 4.65. The fraction of sp³-hybridized carbons (Fsp3) is 0.409. The largest absolute Gasteiger partial charge is 0.349 e. The molecule has 9 nitrogen and oxygen atoms in total. The molecule has 1 fully saturated rings. The van der Waals surface area contributed by atoms with Crippen molar-refractivity contribution < 1.29 is 0 Å². The fourth-order valence-corrected chi connectivity index (χ4v) is 4.65. The van der Waals surface area contributed by atoms with E-state index in [1.54, 1.807) is 25.6 Å². The van der Waals surface area contributed by atoms with Crippen LogP contribution in [-0.2, 0) is 7.05 Å². The summed E-state index contributed by atoms with van der Waals surface area (Å²) in [6.45, 7) is 8.25. The molecule has 3 atom stereocenters. The van der Waals surface area contributed by atoms with Crippen LogP contribution >= 0.6 is 0 Å². The van der Waals surface area contributed by atoms with Gasteiger partial charge >= 0.3 is 5.69 Å². The second kappa shape index (κ2) is 7.42. The first-order valence-electron chi connectivity index (χ1n) is 10.6. The summed E-state index contributed by atoms with van der Waals surface area (Å²) in [7, 11) is 1.72. The van der Waals surface area contributed by atoms with Gasteiger partial charge in [0.1, 0.15) is 0 Å². The number of benzene rings is 1. The van der Waals surface area contributed by atoms with Crippen molar-refractivity contribution in [3.63, 3.8) is 0 Å². The van der Waals surface area contributed by atoms with E-state index in [2.05, 4.69) is 67.9 Å². The van der Waals surface area contributed by atoms with Crippen LogP contribution in [0, 0.1) is 0 Å². The lowest BCUT2D eigenvalue weighted by Crippen LogP contribution is -2.57. The van der Waals surface area contributed by atoms with Crippen LogP contribution < -0.4 is 10.6 Å². The Morgan fingerprint density at radius 1 is 1.10 bits per heavy atom. The number of nitrogens with one attached hydrogen (secondary N) is 1. The topological polar surface area (TPSA) is 95.8 Å². The van der Waals surface area contributed by atoms with E-state index in [9.17, 15) is 4.79 Å². The van der Waals surface area contributed by atoms with Crippen LogP contribution in [0.3, 0.4) is 0 Å². The molecule has 31 heavy (non-hydrogen) atoms. The maximum Gasteiger partial charge on any atom is 0.349 e. The second-order valence-electron chi connectivity index (χ2n) is 8.42. The molecule has 4 aromatic rings. The predicted molar refractivity (Wildman–Crippen MR) is 120 cm³/mol. The van der Waals surface area contributed by atoms with Crippen LogP contribution in [-0.4, -0.2) is 59.8 Å². The van der Waals surface area contributed by atoms with E-state index in [0.717, 1.165) is 35.2 Å². The number of piperazine rings is 1. The number of aromatic nitrogens is 6. The van der Waals surface area contributed by atoms with E-state index in [4.69, 9.17) is 0 Å². The maximum atomic E-state index is 12.4. The van der Waals surface area contributed by atoms with Crippen LogP contribution in [0.15, 0.2) is 41.6 Å². The summed E-state index contributed by atoms with van der Waals surface area (Å²) < 4.78 is 1.53. The standard InChI is InChI=1S/C22H26N8O/c1-13-12-30(21-20-19(10-25-27-20)28(4)22(31)26-21)14(2)11-29(13)15(3)16-5-6-17-18(9-16)24-8-7-23-17/h5-10,13-15H,11-12H2,1-4H3,(H,25,27)/t13-,14+,15-/m1/s1. The normalized spacial score (nSPS) is 21.1. The number of aromatic amines is 1. The Morgan fingerprint density at radius 3 is 2.68 bits per heavy atom. The molecular formula is C22H26N8O. The highest BCUT2D eigenvalue weighted by molar-refractivity contribution is 5.85. The first-order valence-corrected chi connectivity index (χ1v) is 10.6. The SMILES string of the molecule is C[C@@H]1CN(c2nc(=O)n(C)c3c[nH]nc23)[C@@H](C)CN1[C@H](C)c1ccc2nccnc2c1. The second-order valence-corrected chi connectivity index (χ2v) is 8.42. The van der Waals surface area contributed by atoms with Gasteiger partial charge in [-0.1, -0.05) is 6.07 Å². The van der Waals surface area contributed by atoms with E-state index in [-0.39, 0.29) is 23.8 Å². The molecule has 5 rings (SSSR count). The van der Waals surface area contributed by atoms with Gasteiger partial charge in [0.2, 0.25) is 0 Å². The number of H-pyrrole nitrogens is 1. The first kappa shape index (κ1) is 19.6. The van der Waals surface area contributed by atoms with E-state index < -0.39 is 0 Å². The molecule has 1 aromatic carbocycles. The molecule has 4 heterocycles. The molecule has 3 aromatic heterocycles. The molecule has 0 bridgehead atoms. The van der Waals surface area contributed by atoms with Gasteiger partial charge in [-0.25, -0.2) is 4.79 Å². The Bertz CT molecular complexity index is 1310. The van der Waals surface area contributed by atoms with Crippen molar-refractivity contribution in [2.45, 2.75) is 38.9 Å². The molecule has 0 aliphatic carbocycles. The summed E-state index contributed by atoms with van der Waals surface area (Å²) in [6.07, 6.45) is 5.19. The monoisotopic (exact) mass is 418 g/mol. The maximum absolute atomic E-state index is 12.4. The quantitative estimate of drug-likeness (QED) is 0.545. The summed E-state index contributed by atoms with van der Waals surface area (Å²) >= 11 is 0. The Balaban J connectivity index is 1.44. The molecule has 0 saturated carbocycles. The molecule has 0 radical (unpaired) electrons. The highest BCUT2D eigenvalue weighted by Gasteiger charge is 2.34. The molecule has 9 heteroatoms. The number of hydrogen-bond donors (Lipinski definition) is 1. The van der Waals surface area contributed by atoms with Gasteiger partial charge in [-0.05, 0) is 38.5 Å². The van der Waals surface area contributed by atoms with Crippen molar-refractivity contribution >= 4 is 27.9 Å². The van der Waals surface area contributed by atoms with Crippen LogP contribution in [0.4, 0.5) is 5.82 Å². The Kier molecular flexibility index (Phi) is 4.70. The zero-order valence-corrected chi connectivity index (χ0v) is 18.1. The summed E-state index contributed by atoms with van der Waals surface area (Å²) in [4.78, 5) is 30.3. The van der Waals surface area contributed by atoms with Crippen molar-refractivity contribution in [3.8, 4) is 0 Å². The van der Waals surface area contributed by atoms with Gasteiger partial charge in [0.05, 0.1) is 16.6 Å². The summed E-state index contributed by atoms with van der Waals surface area (Å²) in [6, 6.07) is 6.99. The number of rotatable bonds is 3. The summed E-state index contributed by atoms with van der Waals surface area (Å²) in [5, 5.41) is 7.25. The smallest absolute Gasteiger partial charge is 0.349 e. The Labute approximate surface area is 179 Å². The number of anilines is 1. The van der Waals surface area contributed by atoms with E-state index in [0.29, 0.717) is 5.82 Å². The molecule has 0 unspecified atom stereocenters. The lowest BCUT2D eigenvalue weighted by Gasteiger charge is -2.47. The van der Waals surface area contributed by atoms with Crippen LogP contribution in [0.5, 0.6) is 0 Å². The van der Waals surface area contributed by atoms with Crippen LogP contribution in [0.25, 0.3) is 22.1 Å². The van der Waals surface area contributed by atoms with Gasteiger partial charge in [-0.15, -0.1) is 0 Å². The van der Waals surface area contributed by atoms with Crippen molar-refractivity contribution in [3.05, 3.63) is 52.8 Å². The van der Waals surface area contributed by atoms with Crippen molar-refractivity contribution in [1.29, 1.82) is 0 Å². The zero-order valence-electron chi connectivity index (χ0n) is 18.1. The van der Waals surface area contributed by atoms with Gasteiger partial charge in [0.15, 0.2) is 11.3 Å². The molecule has 0 spiro atoms. The number of nitrogens with zero attached hydrogens (tertiary/aromatic N) is 7. The van der Waals surface area contributed by atoms with Gasteiger partial charge in [0.25, 0.3) is 0 Å². The minimum absolute atomic E-state index is 0.179. The molecule has 1 saturated heterocycles. The summed E-state index contributed by atoms with van der Waals surface area (Å²) in [5.74, 6) is 0.659. The van der Waals surface area contributed by atoms with E-state index in [1.807, 2.05) is 6.07 Å². The number of aryl methyl sites for hydroxylation is 1. The number of fused-ring (bicyclic) bond motifs is 2. The predicted octanol–water partition coefficient (Wildman–Crippen LogP) is 2.26. The molecule has 1 aliphatic rings. The van der Waals surface area contributed by atoms with Crippen LogP contribution in [0.1, 0.15) is 32.4 Å². The molecule has 1 N–H and O–H groups in total. The minimum Gasteiger partial charge on any atom is -0.349 e. The minimum atomic E-state index is -0.267. The summed E-state index contributed by atoms with van der Waals surface area (Å²) in [5.41, 5.74) is 4.28. The highest BCUT2D eigenvalue weighted by Crippen LogP contribution is 2.31. The molecular weight excluding hydrogens is 392 g/mol. The Morgan fingerprint density at radius 2 is 1.87 bits per heavy atom. The van der Waals surface area contributed by atoms with Gasteiger partial charge < -0.3 is 4.90 Å². The van der Waals surface area contributed by atoms with E-state index >= 15 is 0 Å². The lowest BCUT2D eigenvalue weighted by molar-refractivity contribution is 0.119. The Hall–Kier alpha value is -3.33. The van der Waals surface area contributed by atoms with Crippen LogP contribution in [0.2, 0.25) is 0 Å². The average molecular weight is 419 g/mol. The third-order valence-electron chi connectivity index (χ3n) is 6.46. The van der Waals surface area contributed by atoms with Gasteiger partial charge in [-0.2, -0.15) is 10.1 Å². The molecule has 0 amide bonds. The third kappa shape index (κ3) is 3.25. The zero-order chi connectivity index (χ0) is 21.7. The molecule has 1 aliphatic heterocycles. The van der Waals surface area contributed by atoms with Gasteiger partial charge in [0, 0.05) is 56.9 Å². The van der Waals surface area contributed by atoms with Crippen molar-refractivity contribution in [2.24, 2.45) is 7.05 Å². The third-order valence-corrected chi connectivity index (χ3v) is 6.46.